The van der Waals surface area contributed by atoms with Gasteiger partial charge in [-0.05, 0) is 32.0 Å². The molecule has 0 saturated heterocycles. The third kappa shape index (κ3) is 4.59. The van der Waals surface area contributed by atoms with Crippen molar-refractivity contribution in [2.45, 2.75) is 20.1 Å². The molecule has 0 aliphatic carbocycles. The minimum absolute atomic E-state index is 0.157. The van der Waals surface area contributed by atoms with Crippen molar-refractivity contribution in [3.8, 4) is 0 Å². The van der Waals surface area contributed by atoms with E-state index in [1.165, 1.54) is 12.1 Å². The van der Waals surface area contributed by atoms with Crippen LogP contribution in [0.4, 0.5) is 4.39 Å². The zero-order valence-electron chi connectivity index (χ0n) is 11.2. The number of ether oxygens (including phenoxy) is 2. The number of aliphatic hydroxyl groups is 1. The van der Waals surface area contributed by atoms with Gasteiger partial charge in [0.1, 0.15) is 5.82 Å². The van der Waals surface area contributed by atoms with Crippen molar-refractivity contribution < 1.29 is 23.8 Å². The van der Waals surface area contributed by atoms with E-state index in [4.69, 9.17) is 21.1 Å². The fourth-order valence-electron chi connectivity index (χ4n) is 1.46. The van der Waals surface area contributed by atoms with E-state index in [0.29, 0.717) is 13.2 Å². The highest BCUT2D eigenvalue weighted by Gasteiger charge is 2.16. The van der Waals surface area contributed by atoms with E-state index in [2.05, 4.69) is 0 Å². The van der Waals surface area contributed by atoms with Gasteiger partial charge < -0.3 is 14.6 Å². The highest BCUT2D eigenvalue weighted by atomic mass is 35.5. The molecule has 6 heteroatoms. The van der Waals surface area contributed by atoms with Crippen molar-refractivity contribution in [2.24, 2.45) is 0 Å². The van der Waals surface area contributed by atoms with Crippen LogP contribution >= 0.6 is 11.6 Å². The van der Waals surface area contributed by atoms with Crippen LogP contribution in [0.5, 0.6) is 0 Å². The van der Waals surface area contributed by atoms with Crippen molar-refractivity contribution in [1.29, 1.82) is 0 Å². The van der Waals surface area contributed by atoms with E-state index in [-0.39, 0.29) is 16.3 Å². The smallest absolute Gasteiger partial charge is 0.216 e. The summed E-state index contributed by atoms with van der Waals surface area (Å²) in [4.78, 5) is 11.9. The number of benzene rings is 1. The first-order chi connectivity index (χ1) is 9.49. The van der Waals surface area contributed by atoms with Gasteiger partial charge in [-0.1, -0.05) is 11.6 Å². The number of carbonyl (C=O) groups is 1. The van der Waals surface area contributed by atoms with Gasteiger partial charge >= 0.3 is 0 Å². The normalized spacial score (nSPS) is 11.9. The predicted octanol–water partition coefficient (Wildman–Crippen LogP) is 3.50. The maximum absolute atomic E-state index is 13.0. The molecule has 0 fully saturated rings. The molecule has 0 bridgehead atoms. The Morgan fingerprint density at radius 2 is 2.00 bits per heavy atom. The summed E-state index contributed by atoms with van der Waals surface area (Å²) in [5, 5.41) is 9.65. The van der Waals surface area contributed by atoms with E-state index in [0.717, 1.165) is 12.1 Å². The molecule has 0 spiro atoms. The van der Waals surface area contributed by atoms with Crippen LogP contribution in [-0.4, -0.2) is 30.4 Å². The summed E-state index contributed by atoms with van der Waals surface area (Å²) in [7, 11) is 0. The summed E-state index contributed by atoms with van der Waals surface area (Å²) in [5.74, 6) is -1.48. The van der Waals surface area contributed by atoms with Gasteiger partial charge in [0.15, 0.2) is 11.5 Å². The van der Waals surface area contributed by atoms with Crippen molar-refractivity contribution >= 4 is 17.4 Å². The van der Waals surface area contributed by atoms with Crippen LogP contribution in [0.2, 0.25) is 5.02 Å². The van der Waals surface area contributed by atoms with Crippen LogP contribution in [0.25, 0.3) is 0 Å². The van der Waals surface area contributed by atoms with Gasteiger partial charge in [0.25, 0.3) is 0 Å². The van der Waals surface area contributed by atoms with E-state index in [1.807, 2.05) is 0 Å². The van der Waals surface area contributed by atoms with Crippen LogP contribution in [0.15, 0.2) is 30.0 Å². The topological polar surface area (TPSA) is 55.8 Å². The standard InChI is InChI=1S/C14H16ClFO4/c1-3-19-14(20-4-2)13(18)8-12(17)9-5-6-11(16)10(15)7-9/h5-8,14,18H,3-4H2,1-2H3/b13-8-. The van der Waals surface area contributed by atoms with Crippen LogP contribution in [0.1, 0.15) is 24.2 Å². The van der Waals surface area contributed by atoms with Crippen LogP contribution in [-0.2, 0) is 9.47 Å². The third-order valence-electron chi connectivity index (χ3n) is 2.36. The van der Waals surface area contributed by atoms with Crippen molar-refractivity contribution in [3.63, 3.8) is 0 Å². The average molecular weight is 303 g/mol. The second kappa shape index (κ2) is 7.99. The molecule has 1 N–H and O–H groups in total. The number of ketones is 1. The third-order valence-corrected chi connectivity index (χ3v) is 2.65. The lowest BCUT2D eigenvalue weighted by Crippen LogP contribution is -2.20. The van der Waals surface area contributed by atoms with Crippen molar-refractivity contribution in [1.82, 2.24) is 0 Å². The number of allylic oxidation sites excluding steroid dienone is 1. The Kier molecular flexibility index (Phi) is 6.64. The quantitative estimate of drug-likeness (QED) is 0.362. The molecule has 0 aliphatic rings. The fraction of sp³-hybridized carbons (Fsp3) is 0.357. The minimum Gasteiger partial charge on any atom is -0.507 e. The van der Waals surface area contributed by atoms with Gasteiger partial charge in [-0.15, -0.1) is 0 Å². The number of hydrogen-bond acceptors (Lipinski definition) is 4. The molecule has 4 nitrogen and oxygen atoms in total. The maximum atomic E-state index is 13.0. The lowest BCUT2D eigenvalue weighted by molar-refractivity contribution is -0.129. The monoisotopic (exact) mass is 302 g/mol. The Labute approximate surface area is 121 Å². The molecule has 1 aromatic rings. The van der Waals surface area contributed by atoms with E-state index in [1.54, 1.807) is 13.8 Å². The predicted molar refractivity (Wildman–Crippen MR) is 73.5 cm³/mol. The second-order valence-electron chi connectivity index (χ2n) is 3.80. The Balaban J connectivity index is 2.89. The highest BCUT2D eigenvalue weighted by Crippen LogP contribution is 2.17. The van der Waals surface area contributed by atoms with Gasteiger partial charge in [0.05, 0.1) is 5.02 Å². The number of carbonyl (C=O) groups excluding carboxylic acids is 1. The molecule has 1 aromatic carbocycles. The summed E-state index contributed by atoms with van der Waals surface area (Å²) >= 11 is 5.60. The molecular formula is C14H16ClFO4. The molecule has 0 heterocycles. The Hall–Kier alpha value is -1.43. The lowest BCUT2D eigenvalue weighted by atomic mass is 10.1. The van der Waals surface area contributed by atoms with Gasteiger partial charge in [-0.2, -0.15) is 0 Å². The summed E-state index contributed by atoms with van der Waals surface area (Å²) < 4.78 is 23.3. The van der Waals surface area contributed by atoms with E-state index < -0.39 is 17.9 Å². The molecule has 20 heavy (non-hydrogen) atoms. The summed E-state index contributed by atoms with van der Waals surface area (Å²) in [6.45, 7) is 4.11. The Morgan fingerprint density at radius 3 is 2.50 bits per heavy atom. The SMILES string of the molecule is CCOC(OCC)/C(O)=C/C(=O)c1ccc(F)c(Cl)c1. The molecule has 0 atom stereocenters. The Morgan fingerprint density at radius 1 is 1.40 bits per heavy atom. The first-order valence-electron chi connectivity index (χ1n) is 6.12. The first kappa shape index (κ1) is 16.6. The molecule has 0 aliphatic heterocycles. The largest absolute Gasteiger partial charge is 0.507 e. The zero-order chi connectivity index (χ0) is 15.1. The summed E-state index contributed by atoms with van der Waals surface area (Å²) in [6.07, 6.45) is -0.0237. The maximum Gasteiger partial charge on any atom is 0.216 e. The van der Waals surface area contributed by atoms with Crippen LogP contribution in [0, 0.1) is 5.82 Å². The minimum atomic E-state index is -0.995. The first-order valence-corrected chi connectivity index (χ1v) is 6.50. The number of halogens is 2. The van der Waals surface area contributed by atoms with Crippen molar-refractivity contribution in [2.75, 3.05) is 13.2 Å². The van der Waals surface area contributed by atoms with Crippen LogP contribution < -0.4 is 0 Å². The second-order valence-corrected chi connectivity index (χ2v) is 4.21. The average Bonchev–Trinajstić information content (AvgIpc) is 2.41. The molecule has 0 amide bonds. The number of aliphatic hydroxyl groups excluding tert-OH is 1. The van der Waals surface area contributed by atoms with Gasteiger partial charge in [-0.25, -0.2) is 4.39 Å². The van der Waals surface area contributed by atoms with Gasteiger partial charge in [0, 0.05) is 24.9 Å². The van der Waals surface area contributed by atoms with Gasteiger partial charge in [-0.3, -0.25) is 4.79 Å². The van der Waals surface area contributed by atoms with E-state index >= 15 is 0 Å². The van der Waals surface area contributed by atoms with E-state index in [9.17, 15) is 14.3 Å². The Bertz CT molecular complexity index is 496. The highest BCUT2D eigenvalue weighted by molar-refractivity contribution is 6.31. The molecule has 0 saturated carbocycles. The molecule has 0 unspecified atom stereocenters. The van der Waals surface area contributed by atoms with Crippen molar-refractivity contribution in [3.05, 3.63) is 46.4 Å². The lowest BCUT2D eigenvalue weighted by Gasteiger charge is -2.15. The molecule has 0 aromatic heterocycles. The molecule has 1 rings (SSSR count). The fourth-order valence-corrected chi connectivity index (χ4v) is 1.64. The molecule has 0 radical (unpaired) electrons. The number of hydrogen-bond donors (Lipinski definition) is 1. The summed E-state index contributed by atoms with van der Waals surface area (Å²) in [6, 6.07) is 3.56. The molecular weight excluding hydrogens is 287 g/mol. The van der Waals surface area contributed by atoms with Gasteiger partial charge in [0.2, 0.25) is 6.29 Å². The number of rotatable bonds is 7. The summed E-state index contributed by atoms with van der Waals surface area (Å²) in [5.41, 5.74) is 0.162. The van der Waals surface area contributed by atoms with Crippen LogP contribution in [0.3, 0.4) is 0 Å². The molecule has 110 valence electrons. The zero-order valence-corrected chi connectivity index (χ0v) is 12.0.